The van der Waals surface area contributed by atoms with Gasteiger partial charge >= 0.3 is 0 Å². The van der Waals surface area contributed by atoms with Gasteiger partial charge in [-0.15, -0.1) is 0 Å². The van der Waals surface area contributed by atoms with Crippen LogP contribution in [0, 0.1) is 0 Å². The third-order valence-electron chi connectivity index (χ3n) is 5.20. The summed E-state index contributed by atoms with van der Waals surface area (Å²) in [4.78, 5) is 25.7. The third kappa shape index (κ3) is 6.44. The van der Waals surface area contributed by atoms with E-state index in [-0.39, 0.29) is 18.7 Å². The van der Waals surface area contributed by atoms with Crippen LogP contribution in [0.4, 0.5) is 5.69 Å². The SMILES string of the molecule is CC(C)ON1CN(C(=O)c2ccccc2)NC1=Nc1ccc(OCCN2CCOCC2)cc1. The number of carbonyl (C=O) groups excluding carboxylic acids is 1. The molecule has 2 aromatic rings. The van der Waals surface area contributed by atoms with Gasteiger partial charge in [0.05, 0.1) is 25.0 Å². The second-order valence-electron chi connectivity index (χ2n) is 8.12. The van der Waals surface area contributed by atoms with E-state index >= 15 is 0 Å². The maximum atomic E-state index is 12.8. The summed E-state index contributed by atoms with van der Waals surface area (Å²) in [5, 5.41) is 3.08. The highest BCUT2D eigenvalue weighted by atomic mass is 16.7. The van der Waals surface area contributed by atoms with E-state index in [9.17, 15) is 4.79 Å². The Balaban J connectivity index is 1.38. The fourth-order valence-electron chi connectivity index (χ4n) is 3.53. The number of rotatable bonds is 8. The lowest BCUT2D eigenvalue weighted by molar-refractivity contribution is -0.136. The second-order valence-corrected chi connectivity index (χ2v) is 8.12. The number of benzene rings is 2. The number of aliphatic imine (C=N–C) groups is 1. The lowest BCUT2D eigenvalue weighted by atomic mass is 10.2. The topological polar surface area (TPSA) is 78.9 Å². The first kappa shape index (κ1) is 23.0. The minimum atomic E-state index is -0.151. The highest BCUT2D eigenvalue weighted by Crippen LogP contribution is 2.20. The molecule has 2 heterocycles. The Morgan fingerprint density at radius 3 is 2.52 bits per heavy atom. The number of hydrazine groups is 1. The number of hydrogen-bond donors (Lipinski definition) is 1. The molecule has 2 fully saturated rings. The monoisotopic (exact) mass is 453 g/mol. The van der Waals surface area contributed by atoms with E-state index in [1.165, 1.54) is 5.01 Å². The quantitative estimate of drug-likeness (QED) is 0.658. The molecule has 2 aliphatic heterocycles. The summed E-state index contributed by atoms with van der Waals surface area (Å²) >= 11 is 0. The zero-order chi connectivity index (χ0) is 23.0. The number of morpholine rings is 1. The van der Waals surface area contributed by atoms with E-state index in [4.69, 9.17) is 14.3 Å². The molecule has 0 unspecified atom stereocenters. The van der Waals surface area contributed by atoms with E-state index in [1.807, 2.05) is 56.3 Å². The van der Waals surface area contributed by atoms with Crippen LogP contribution in [-0.4, -0.2) is 79.1 Å². The van der Waals surface area contributed by atoms with Gasteiger partial charge in [0.2, 0.25) is 5.96 Å². The molecule has 9 heteroatoms. The lowest BCUT2D eigenvalue weighted by Crippen LogP contribution is -2.38. The van der Waals surface area contributed by atoms with Crippen molar-refractivity contribution in [3.8, 4) is 5.75 Å². The van der Waals surface area contributed by atoms with Gasteiger partial charge in [0.25, 0.3) is 5.91 Å². The van der Waals surface area contributed by atoms with Gasteiger partial charge in [-0.05, 0) is 50.2 Å². The first-order chi connectivity index (χ1) is 16.1. The molecule has 1 amide bonds. The zero-order valence-corrected chi connectivity index (χ0v) is 19.1. The van der Waals surface area contributed by atoms with Crippen LogP contribution in [0.1, 0.15) is 24.2 Å². The van der Waals surface area contributed by atoms with Crippen LogP contribution in [0.3, 0.4) is 0 Å². The lowest BCUT2D eigenvalue weighted by Gasteiger charge is -2.26. The van der Waals surface area contributed by atoms with Crippen LogP contribution in [0.5, 0.6) is 5.75 Å². The summed E-state index contributed by atoms with van der Waals surface area (Å²) in [5.74, 6) is 1.10. The van der Waals surface area contributed by atoms with E-state index in [2.05, 4.69) is 15.3 Å². The van der Waals surface area contributed by atoms with Crippen molar-refractivity contribution >= 4 is 17.6 Å². The van der Waals surface area contributed by atoms with Crippen molar-refractivity contribution in [1.29, 1.82) is 0 Å². The van der Waals surface area contributed by atoms with Crippen molar-refractivity contribution in [3.63, 3.8) is 0 Å². The molecular weight excluding hydrogens is 422 g/mol. The van der Waals surface area contributed by atoms with Gasteiger partial charge < -0.3 is 9.47 Å². The number of nitrogens with one attached hydrogen (secondary N) is 1. The van der Waals surface area contributed by atoms with Gasteiger partial charge in [0.1, 0.15) is 19.0 Å². The predicted molar refractivity (Wildman–Crippen MR) is 125 cm³/mol. The number of hydrogen-bond acceptors (Lipinski definition) is 6. The molecule has 33 heavy (non-hydrogen) atoms. The Morgan fingerprint density at radius 1 is 1.09 bits per heavy atom. The first-order valence-electron chi connectivity index (χ1n) is 11.3. The Bertz CT molecular complexity index is 930. The Hall–Kier alpha value is -3.14. The highest BCUT2D eigenvalue weighted by Gasteiger charge is 2.31. The molecular formula is C24H31N5O4. The normalized spacial score (nSPS) is 18.1. The van der Waals surface area contributed by atoms with Crippen LogP contribution >= 0.6 is 0 Å². The predicted octanol–water partition coefficient (Wildman–Crippen LogP) is 2.65. The minimum absolute atomic E-state index is 0.0639. The average molecular weight is 454 g/mol. The largest absolute Gasteiger partial charge is 0.492 e. The van der Waals surface area contributed by atoms with Gasteiger partial charge in [-0.1, -0.05) is 18.2 Å². The molecule has 0 bridgehead atoms. The van der Waals surface area contributed by atoms with Gasteiger partial charge in [-0.3, -0.25) is 20.0 Å². The van der Waals surface area contributed by atoms with Crippen molar-refractivity contribution in [3.05, 3.63) is 60.2 Å². The van der Waals surface area contributed by atoms with Gasteiger partial charge in [-0.2, -0.15) is 5.06 Å². The molecule has 176 valence electrons. The highest BCUT2D eigenvalue weighted by molar-refractivity contribution is 5.97. The molecule has 0 aromatic heterocycles. The molecule has 1 N–H and O–H groups in total. The van der Waals surface area contributed by atoms with Crippen LogP contribution in [-0.2, 0) is 9.57 Å². The second kappa shape index (κ2) is 11.1. The Kier molecular flexibility index (Phi) is 7.77. The number of nitrogens with zero attached hydrogens (tertiary/aromatic N) is 4. The number of amides is 1. The van der Waals surface area contributed by atoms with E-state index in [1.54, 1.807) is 17.2 Å². The average Bonchev–Trinajstić information content (AvgIpc) is 3.22. The fourth-order valence-corrected chi connectivity index (χ4v) is 3.53. The molecule has 2 aromatic carbocycles. The Labute approximate surface area is 194 Å². The van der Waals surface area contributed by atoms with E-state index in [0.29, 0.717) is 18.1 Å². The molecule has 2 saturated heterocycles. The summed E-state index contributed by atoms with van der Waals surface area (Å²) < 4.78 is 11.2. The van der Waals surface area contributed by atoms with Gasteiger partial charge in [0, 0.05) is 25.2 Å². The molecule has 9 nitrogen and oxygen atoms in total. The number of guanidine groups is 1. The van der Waals surface area contributed by atoms with Crippen molar-refractivity contribution in [1.82, 2.24) is 20.4 Å². The first-order valence-corrected chi connectivity index (χ1v) is 11.3. The Morgan fingerprint density at radius 2 is 1.82 bits per heavy atom. The molecule has 0 spiro atoms. The van der Waals surface area contributed by atoms with E-state index in [0.717, 1.165) is 44.3 Å². The molecule has 4 rings (SSSR count). The number of ether oxygens (including phenoxy) is 2. The zero-order valence-electron chi connectivity index (χ0n) is 19.1. The van der Waals surface area contributed by atoms with Crippen molar-refractivity contribution < 1.29 is 19.1 Å². The van der Waals surface area contributed by atoms with E-state index < -0.39 is 0 Å². The summed E-state index contributed by atoms with van der Waals surface area (Å²) in [6, 6.07) is 16.7. The van der Waals surface area contributed by atoms with Crippen LogP contribution < -0.4 is 10.2 Å². The number of hydroxylamine groups is 2. The summed E-state index contributed by atoms with van der Waals surface area (Å²) in [7, 11) is 0. The van der Waals surface area contributed by atoms with Crippen molar-refractivity contribution in [2.75, 3.05) is 46.1 Å². The third-order valence-corrected chi connectivity index (χ3v) is 5.20. The van der Waals surface area contributed by atoms with Crippen LogP contribution in [0.15, 0.2) is 59.6 Å². The van der Waals surface area contributed by atoms with Gasteiger partial charge in [-0.25, -0.2) is 10.0 Å². The fraction of sp³-hybridized carbons (Fsp3) is 0.417. The maximum absolute atomic E-state index is 12.8. The molecule has 0 aliphatic carbocycles. The summed E-state index contributed by atoms with van der Waals surface area (Å²) in [6.07, 6.45) is -0.0639. The van der Waals surface area contributed by atoms with Gasteiger partial charge in [0.15, 0.2) is 0 Å². The summed E-state index contributed by atoms with van der Waals surface area (Å²) in [6.45, 7) is 9.07. The summed E-state index contributed by atoms with van der Waals surface area (Å²) in [5.41, 5.74) is 4.38. The molecule has 0 radical (unpaired) electrons. The standard InChI is InChI=1S/C24H31N5O4/c1-19(2)33-29-18-28(23(30)20-6-4-3-5-7-20)26-24(29)25-21-8-10-22(11-9-21)32-17-14-27-12-15-31-16-13-27/h3-11,19H,12-18H2,1-2H3,(H,25,26). The van der Waals surface area contributed by atoms with Crippen molar-refractivity contribution in [2.45, 2.75) is 20.0 Å². The maximum Gasteiger partial charge on any atom is 0.274 e. The molecule has 0 saturated carbocycles. The molecule has 0 atom stereocenters. The van der Waals surface area contributed by atoms with Crippen LogP contribution in [0.2, 0.25) is 0 Å². The minimum Gasteiger partial charge on any atom is -0.492 e. The smallest absolute Gasteiger partial charge is 0.274 e. The van der Waals surface area contributed by atoms with Crippen molar-refractivity contribution in [2.24, 2.45) is 4.99 Å². The van der Waals surface area contributed by atoms with Crippen LogP contribution in [0.25, 0.3) is 0 Å². The number of carbonyl (C=O) groups is 1. The molecule has 2 aliphatic rings.